The first-order valence-corrected chi connectivity index (χ1v) is 12.0. The molecule has 4 rings (SSSR count). The van der Waals surface area contributed by atoms with E-state index in [1.54, 1.807) is 25.8 Å². The largest absolute Gasteiger partial charge is 0.332 e. The number of hydrogen-bond acceptors (Lipinski definition) is 4. The van der Waals surface area contributed by atoms with E-state index in [0.29, 0.717) is 17.7 Å². The molecule has 3 aliphatic heterocycles. The summed E-state index contributed by atoms with van der Waals surface area (Å²) < 4.78 is 41.2. The van der Waals surface area contributed by atoms with Crippen molar-refractivity contribution in [2.45, 2.75) is 58.7 Å². The molecule has 0 spiro atoms. The van der Waals surface area contributed by atoms with Crippen LogP contribution < -0.4 is 5.32 Å². The summed E-state index contributed by atoms with van der Waals surface area (Å²) in [6, 6.07) is 2.99. The number of amides is 1. The van der Waals surface area contributed by atoms with Gasteiger partial charge in [-0.3, -0.25) is 19.7 Å². The highest BCUT2D eigenvalue weighted by Crippen LogP contribution is 2.34. The first-order valence-electron chi connectivity index (χ1n) is 12.0. The number of benzene rings is 1. The zero-order valence-electron chi connectivity index (χ0n) is 20.7. The molecule has 3 aliphatic rings. The van der Waals surface area contributed by atoms with Crippen LogP contribution in [-0.2, 0) is 4.79 Å². The molecule has 1 N–H and O–H groups in total. The van der Waals surface area contributed by atoms with Gasteiger partial charge in [0.2, 0.25) is 0 Å². The predicted molar refractivity (Wildman–Crippen MR) is 131 cm³/mol. The first kappa shape index (κ1) is 25.2. The molecule has 9 heteroatoms. The lowest BCUT2D eigenvalue weighted by atomic mass is 9.87. The van der Waals surface area contributed by atoms with E-state index < -0.39 is 35.8 Å². The second-order valence-corrected chi connectivity index (χ2v) is 9.57. The van der Waals surface area contributed by atoms with Crippen molar-refractivity contribution >= 4 is 17.6 Å². The third-order valence-corrected chi connectivity index (χ3v) is 6.96. The van der Waals surface area contributed by atoms with Crippen molar-refractivity contribution in [1.82, 2.24) is 15.1 Å². The van der Waals surface area contributed by atoms with Gasteiger partial charge in [-0.1, -0.05) is 24.3 Å². The molecular weight excluding hydrogens is 455 g/mol. The summed E-state index contributed by atoms with van der Waals surface area (Å²) >= 11 is 0. The molecule has 188 valence electrons. The van der Waals surface area contributed by atoms with Crippen LogP contribution in [0.2, 0.25) is 0 Å². The lowest BCUT2D eigenvalue weighted by Crippen LogP contribution is -2.53. The van der Waals surface area contributed by atoms with Crippen LogP contribution in [0.4, 0.5) is 13.2 Å². The van der Waals surface area contributed by atoms with Gasteiger partial charge in [0.25, 0.3) is 12.3 Å². The Balaban J connectivity index is 1.70. The number of allylic oxidation sites excluding steroid dienone is 1. The average molecular weight is 488 g/mol. The van der Waals surface area contributed by atoms with E-state index in [2.05, 4.69) is 40.1 Å². The number of nitrogens with zero attached hydrogens (tertiary/aromatic N) is 4. The summed E-state index contributed by atoms with van der Waals surface area (Å²) in [5.41, 5.74) is 1.38. The molecule has 6 nitrogen and oxygen atoms in total. The van der Waals surface area contributed by atoms with Crippen molar-refractivity contribution in [3.63, 3.8) is 0 Å². The third-order valence-electron chi connectivity index (χ3n) is 6.96. The number of rotatable bonds is 5. The van der Waals surface area contributed by atoms with Crippen molar-refractivity contribution in [2.24, 2.45) is 15.9 Å². The average Bonchev–Trinajstić information content (AvgIpc) is 2.81. The molecule has 0 bridgehead atoms. The lowest BCUT2D eigenvalue weighted by Gasteiger charge is -2.39. The number of aliphatic imine (C=N–C) groups is 2. The minimum Gasteiger partial charge on any atom is -0.332 e. The van der Waals surface area contributed by atoms with Crippen molar-refractivity contribution in [3.8, 4) is 0 Å². The van der Waals surface area contributed by atoms with Gasteiger partial charge in [-0.15, -0.1) is 0 Å². The molecule has 0 aliphatic carbocycles. The van der Waals surface area contributed by atoms with Gasteiger partial charge in [-0.25, -0.2) is 13.2 Å². The van der Waals surface area contributed by atoms with E-state index >= 15 is 0 Å². The highest BCUT2D eigenvalue weighted by Gasteiger charge is 2.41. The normalized spacial score (nSPS) is 25.3. The van der Waals surface area contributed by atoms with Gasteiger partial charge in [0.05, 0.1) is 23.4 Å². The van der Waals surface area contributed by atoms with Gasteiger partial charge in [0.1, 0.15) is 17.7 Å². The Morgan fingerprint density at radius 1 is 1.20 bits per heavy atom. The summed E-state index contributed by atoms with van der Waals surface area (Å²) in [6.45, 7) is 9.44. The Labute approximate surface area is 204 Å². The van der Waals surface area contributed by atoms with Crippen LogP contribution >= 0.6 is 0 Å². The molecule has 0 saturated heterocycles. The van der Waals surface area contributed by atoms with Crippen LogP contribution in [0.3, 0.4) is 0 Å². The molecule has 0 aromatic heterocycles. The van der Waals surface area contributed by atoms with E-state index in [-0.39, 0.29) is 11.5 Å². The van der Waals surface area contributed by atoms with Crippen LogP contribution in [0.25, 0.3) is 0 Å². The lowest BCUT2D eigenvalue weighted by molar-refractivity contribution is -0.130. The van der Waals surface area contributed by atoms with Crippen molar-refractivity contribution in [3.05, 3.63) is 58.6 Å². The van der Waals surface area contributed by atoms with Gasteiger partial charge in [0, 0.05) is 37.4 Å². The molecule has 0 saturated carbocycles. The van der Waals surface area contributed by atoms with Crippen molar-refractivity contribution in [2.75, 3.05) is 20.1 Å². The number of fused-ring (bicyclic) bond motifs is 1. The maximum Gasteiger partial charge on any atom is 0.266 e. The molecule has 2 unspecified atom stereocenters. The standard InChI is InChI=1S/C26H32F3N5O/c1-14(2)34-11-9-17(10-12-34)21-13-20-23(26(35)33(21)5)31-16(4)32-25(20)30-15(3)18-7-6-8-19(22(18)27)24(28)29/h6-9,13-15,20,23-24H,10-12H2,1-5H3,(H,30,31,32)/t15-,20?,23?/m1/s1. The molecule has 3 atom stereocenters. The predicted octanol–water partition coefficient (Wildman–Crippen LogP) is 4.63. The summed E-state index contributed by atoms with van der Waals surface area (Å²) in [5.74, 6) is -0.523. The summed E-state index contributed by atoms with van der Waals surface area (Å²) in [5, 5.41) is 3.14. The molecule has 0 radical (unpaired) electrons. The topological polar surface area (TPSA) is 60.3 Å². The molecule has 0 fully saturated rings. The zero-order chi connectivity index (χ0) is 25.4. The number of hydrogen-bond donors (Lipinski definition) is 1. The quantitative estimate of drug-likeness (QED) is 0.659. The van der Waals surface area contributed by atoms with Gasteiger partial charge in [0.15, 0.2) is 0 Å². The fraction of sp³-hybridized carbons (Fsp3) is 0.500. The molecule has 3 heterocycles. The van der Waals surface area contributed by atoms with Crippen LogP contribution in [0.5, 0.6) is 0 Å². The van der Waals surface area contributed by atoms with E-state index in [1.165, 1.54) is 12.1 Å². The van der Waals surface area contributed by atoms with Crippen LogP contribution in [0.1, 0.15) is 57.7 Å². The Morgan fingerprint density at radius 2 is 1.91 bits per heavy atom. The third kappa shape index (κ3) is 4.91. The Kier molecular flexibility index (Phi) is 7.17. The van der Waals surface area contributed by atoms with Gasteiger partial charge in [-0.2, -0.15) is 0 Å². The fourth-order valence-corrected chi connectivity index (χ4v) is 4.88. The maximum atomic E-state index is 14.8. The first-order chi connectivity index (χ1) is 16.6. The minimum absolute atomic E-state index is 0.0843. The van der Waals surface area contributed by atoms with E-state index in [1.807, 2.05) is 6.08 Å². The van der Waals surface area contributed by atoms with E-state index in [4.69, 9.17) is 0 Å². The number of carbonyl (C=O) groups is 1. The Morgan fingerprint density at radius 3 is 2.54 bits per heavy atom. The van der Waals surface area contributed by atoms with Crippen LogP contribution in [0, 0.1) is 11.7 Å². The van der Waals surface area contributed by atoms with Gasteiger partial charge >= 0.3 is 0 Å². The van der Waals surface area contributed by atoms with Crippen molar-refractivity contribution in [1.29, 1.82) is 0 Å². The number of likely N-dealkylation sites (N-methyl/N-ethyl adjacent to an activating group) is 1. The highest BCUT2D eigenvalue weighted by molar-refractivity contribution is 6.08. The van der Waals surface area contributed by atoms with E-state index in [0.717, 1.165) is 36.8 Å². The maximum absolute atomic E-state index is 14.8. The molecular formula is C26H32F3N5O. The molecule has 1 aromatic carbocycles. The molecule has 1 amide bonds. The molecule has 35 heavy (non-hydrogen) atoms. The second kappa shape index (κ2) is 9.97. The zero-order valence-corrected chi connectivity index (χ0v) is 20.7. The summed E-state index contributed by atoms with van der Waals surface area (Å²) in [4.78, 5) is 26.5. The monoisotopic (exact) mass is 487 g/mol. The second-order valence-electron chi connectivity index (χ2n) is 9.57. The van der Waals surface area contributed by atoms with Crippen LogP contribution in [0.15, 0.2) is 51.6 Å². The number of nitrogens with one attached hydrogen (secondary N) is 1. The number of carbonyl (C=O) groups excluding carboxylic acids is 1. The minimum atomic E-state index is -2.91. The number of halogens is 3. The summed E-state index contributed by atoms with van der Waals surface area (Å²) in [7, 11) is 1.76. The van der Waals surface area contributed by atoms with Gasteiger partial charge < -0.3 is 10.2 Å². The Hall–Kier alpha value is -2.94. The van der Waals surface area contributed by atoms with E-state index in [9.17, 15) is 18.0 Å². The highest BCUT2D eigenvalue weighted by atomic mass is 19.3. The molecule has 1 aromatic rings. The number of amidine groups is 2. The fourth-order valence-electron chi connectivity index (χ4n) is 4.88. The number of alkyl halides is 2. The van der Waals surface area contributed by atoms with Crippen molar-refractivity contribution < 1.29 is 18.0 Å². The van der Waals surface area contributed by atoms with Gasteiger partial charge in [-0.05, 0) is 45.8 Å². The SMILES string of the molecule is CC1=NC2C(=O)N(C)C(C3=CCN(C(C)C)CC3)=CC2C(=N[C@H](C)c2cccc(C(F)F)c2F)N1. The summed E-state index contributed by atoms with van der Waals surface area (Å²) in [6.07, 6.45) is 2.08. The smallest absolute Gasteiger partial charge is 0.266 e. The van der Waals surface area contributed by atoms with Crippen LogP contribution in [-0.4, -0.2) is 59.6 Å². The Bertz CT molecular complexity index is 1120.